The molecule has 0 atom stereocenters. The summed E-state index contributed by atoms with van der Waals surface area (Å²) >= 11 is 0. The van der Waals surface area contributed by atoms with Crippen LogP contribution >= 0.6 is 0 Å². The summed E-state index contributed by atoms with van der Waals surface area (Å²) in [6.07, 6.45) is -2.01. The van der Waals surface area contributed by atoms with Gasteiger partial charge in [-0.1, -0.05) is 0 Å². The highest BCUT2D eigenvalue weighted by Crippen LogP contribution is 2.32. The molecule has 7 heteroatoms. The number of alkyl halides is 2. The number of carbonyl (C=O) groups is 1. The van der Waals surface area contributed by atoms with Crippen LogP contribution in [-0.4, -0.2) is 23.2 Å². The molecule has 0 amide bonds. The van der Waals surface area contributed by atoms with Crippen LogP contribution < -0.4 is 10.5 Å². The van der Waals surface area contributed by atoms with Gasteiger partial charge in [-0.3, -0.25) is 0 Å². The molecule has 0 radical (unpaired) electrons. The summed E-state index contributed by atoms with van der Waals surface area (Å²) < 4.78 is 29.9. The van der Waals surface area contributed by atoms with Crippen LogP contribution in [-0.2, 0) is 6.54 Å². The van der Waals surface area contributed by atoms with Crippen LogP contribution in [0.5, 0.6) is 5.75 Å². The monoisotopic (exact) mass is 232 g/mol. The highest BCUT2D eigenvalue weighted by atomic mass is 19.3. The SMILES string of the molecule is COc1c(C(F)F)cnc(C(=O)O)c1CN. The molecule has 1 aromatic heterocycles. The van der Waals surface area contributed by atoms with Crippen LogP contribution in [0.15, 0.2) is 6.20 Å². The first kappa shape index (κ1) is 12.3. The lowest BCUT2D eigenvalue weighted by Crippen LogP contribution is -2.13. The maximum Gasteiger partial charge on any atom is 0.354 e. The average molecular weight is 232 g/mol. The number of hydrogen-bond donors (Lipinski definition) is 2. The third-order valence-electron chi connectivity index (χ3n) is 2.00. The Labute approximate surface area is 89.9 Å². The number of aromatic carboxylic acids is 1. The first-order valence-corrected chi connectivity index (χ1v) is 4.30. The number of methoxy groups -OCH3 is 1. The van der Waals surface area contributed by atoms with Crippen molar-refractivity contribution in [1.82, 2.24) is 4.98 Å². The van der Waals surface area contributed by atoms with Crippen molar-refractivity contribution in [2.45, 2.75) is 13.0 Å². The van der Waals surface area contributed by atoms with Gasteiger partial charge in [0.25, 0.3) is 6.43 Å². The Kier molecular flexibility index (Phi) is 3.73. The zero-order chi connectivity index (χ0) is 12.3. The van der Waals surface area contributed by atoms with Crippen LogP contribution in [0.2, 0.25) is 0 Å². The molecule has 3 N–H and O–H groups in total. The predicted octanol–water partition coefficient (Wildman–Crippen LogP) is 1.18. The molecule has 0 saturated carbocycles. The highest BCUT2D eigenvalue weighted by Gasteiger charge is 2.23. The van der Waals surface area contributed by atoms with Gasteiger partial charge in [-0.05, 0) is 0 Å². The minimum Gasteiger partial charge on any atom is -0.496 e. The van der Waals surface area contributed by atoms with Gasteiger partial charge < -0.3 is 15.6 Å². The zero-order valence-corrected chi connectivity index (χ0v) is 8.41. The first-order valence-electron chi connectivity index (χ1n) is 4.30. The minimum atomic E-state index is -2.80. The van der Waals surface area contributed by atoms with E-state index in [0.29, 0.717) is 0 Å². The molecule has 1 aromatic rings. The second kappa shape index (κ2) is 4.84. The van der Waals surface area contributed by atoms with Crippen LogP contribution in [0.1, 0.15) is 28.0 Å². The number of halogens is 2. The average Bonchev–Trinajstić information content (AvgIpc) is 2.26. The number of aromatic nitrogens is 1. The van der Waals surface area contributed by atoms with E-state index >= 15 is 0 Å². The van der Waals surface area contributed by atoms with Gasteiger partial charge in [-0.2, -0.15) is 0 Å². The molecule has 0 aliphatic rings. The summed E-state index contributed by atoms with van der Waals surface area (Å²) in [7, 11) is 1.17. The minimum absolute atomic E-state index is 0.0344. The van der Waals surface area contributed by atoms with E-state index in [0.717, 1.165) is 6.20 Å². The fourth-order valence-electron chi connectivity index (χ4n) is 1.32. The van der Waals surface area contributed by atoms with Gasteiger partial charge in [0, 0.05) is 18.3 Å². The van der Waals surface area contributed by atoms with Crippen molar-refractivity contribution in [3.63, 3.8) is 0 Å². The molecule has 16 heavy (non-hydrogen) atoms. The second-order valence-electron chi connectivity index (χ2n) is 2.88. The van der Waals surface area contributed by atoms with E-state index in [2.05, 4.69) is 4.98 Å². The highest BCUT2D eigenvalue weighted by molar-refractivity contribution is 5.88. The van der Waals surface area contributed by atoms with Crippen LogP contribution in [0.25, 0.3) is 0 Å². The van der Waals surface area contributed by atoms with Gasteiger partial charge in [0.1, 0.15) is 5.75 Å². The van der Waals surface area contributed by atoms with Crippen molar-refractivity contribution in [1.29, 1.82) is 0 Å². The molecule has 0 aliphatic heterocycles. The third kappa shape index (κ3) is 2.08. The van der Waals surface area contributed by atoms with Crippen LogP contribution in [0.3, 0.4) is 0 Å². The van der Waals surface area contributed by atoms with Crippen molar-refractivity contribution in [3.05, 3.63) is 23.0 Å². The fraction of sp³-hybridized carbons (Fsp3) is 0.333. The molecule has 0 aromatic carbocycles. The van der Waals surface area contributed by atoms with Crippen molar-refractivity contribution < 1.29 is 23.4 Å². The van der Waals surface area contributed by atoms with E-state index in [1.165, 1.54) is 7.11 Å². The molecule has 0 saturated heterocycles. The Hall–Kier alpha value is -1.76. The molecule has 1 heterocycles. The molecular formula is C9H10F2N2O3. The van der Waals surface area contributed by atoms with E-state index in [1.54, 1.807) is 0 Å². The lowest BCUT2D eigenvalue weighted by atomic mass is 10.1. The molecule has 0 fully saturated rings. The van der Waals surface area contributed by atoms with Gasteiger partial charge in [0.15, 0.2) is 5.69 Å². The van der Waals surface area contributed by atoms with Gasteiger partial charge in [0.05, 0.1) is 12.7 Å². The normalized spacial score (nSPS) is 10.6. The molecule has 0 aliphatic carbocycles. The Morgan fingerprint density at radius 2 is 2.31 bits per heavy atom. The van der Waals surface area contributed by atoms with Gasteiger partial charge >= 0.3 is 5.97 Å². The van der Waals surface area contributed by atoms with E-state index in [4.69, 9.17) is 15.6 Å². The first-order chi connectivity index (χ1) is 7.52. The maximum atomic E-state index is 12.6. The third-order valence-corrected chi connectivity index (χ3v) is 2.00. The van der Waals surface area contributed by atoms with Crippen LogP contribution in [0.4, 0.5) is 8.78 Å². The summed E-state index contributed by atoms with van der Waals surface area (Å²) in [4.78, 5) is 14.2. The van der Waals surface area contributed by atoms with Gasteiger partial charge in [-0.15, -0.1) is 0 Å². The van der Waals surface area contributed by atoms with Gasteiger partial charge in [0.2, 0.25) is 0 Å². The fourth-order valence-corrected chi connectivity index (χ4v) is 1.32. The number of carboxylic acid groups (broad SMARTS) is 1. The lowest BCUT2D eigenvalue weighted by molar-refractivity contribution is 0.0687. The molecule has 0 bridgehead atoms. The number of nitrogens with two attached hydrogens (primary N) is 1. The Bertz CT molecular complexity index is 410. The number of ether oxygens (including phenoxy) is 1. The standard InChI is InChI=1S/C9H10F2N2O3/c1-16-7-4(2-12)6(9(14)15)13-3-5(7)8(10)11/h3,8H,2,12H2,1H3,(H,14,15). The number of hydrogen-bond acceptors (Lipinski definition) is 4. The Morgan fingerprint density at radius 3 is 2.69 bits per heavy atom. The molecule has 1 rings (SSSR count). The maximum absolute atomic E-state index is 12.6. The Balaban J connectivity index is 3.46. The van der Waals surface area contributed by atoms with E-state index in [-0.39, 0.29) is 23.6 Å². The predicted molar refractivity (Wildman–Crippen MR) is 50.6 cm³/mol. The summed E-state index contributed by atoms with van der Waals surface area (Å²) in [5, 5.41) is 8.79. The van der Waals surface area contributed by atoms with Gasteiger partial charge in [-0.25, -0.2) is 18.6 Å². The number of carboxylic acids is 1. The van der Waals surface area contributed by atoms with E-state index in [1.807, 2.05) is 0 Å². The number of nitrogens with zero attached hydrogens (tertiary/aromatic N) is 1. The quantitative estimate of drug-likeness (QED) is 0.814. The number of pyridine rings is 1. The summed E-state index contributed by atoms with van der Waals surface area (Å²) in [6, 6.07) is 0. The smallest absolute Gasteiger partial charge is 0.354 e. The van der Waals surface area contributed by atoms with E-state index in [9.17, 15) is 13.6 Å². The molecule has 88 valence electrons. The van der Waals surface area contributed by atoms with Crippen molar-refractivity contribution >= 4 is 5.97 Å². The summed E-state index contributed by atoms with van der Waals surface area (Å²) in [5.74, 6) is -1.55. The summed E-state index contributed by atoms with van der Waals surface area (Å²) in [5.41, 5.74) is 4.43. The van der Waals surface area contributed by atoms with Crippen LogP contribution in [0, 0.1) is 0 Å². The lowest BCUT2D eigenvalue weighted by Gasteiger charge is -2.13. The topological polar surface area (TPSA) is 85.4 Å². The largest absolute Gasteiger partial charge is 0.496 e. The van der Waals surface area contributed by atoms with Crippen molar-refractivity contribution in [2.24, 2.45) is 5.73 Å². The second-order valence-corrected chi connectivity index (χ2v) is 2.88. The molecule has 0 unspecified atom stereocenters. The number of rotatable bonds is 4. The van der Waals surface area contributed by atoms with E-state index < -0.39 is 18.0 Å². The van der Waals surface area contributed by atoms with Crippen molar-refractivity contribution in [3.8, 4) is 5.75 Å². The van der Waals surface area contributed by atoms with Crippen molar-refractivity contribution in [2.75, 3.05) is 7.11 Å². The Morgan fingerprint density at radius 1 is 1.69 bits per heavy atom. The molecule has 0 spiro atoms. The molecule has 5 nitrogen and oxygen atoms in total. The summed E-state index contributed by atoms with van der Waals surface area (Å²) in [6.45, 7) is -0.238. The molecular weight excluding hydrogens is 222 g/mol. The zero-order valence-electron chi connectivity index (χ0n) is 8.41.